The first-order valence-corrected chi connectivity index (χ1v) is 14.5. The first kappa shape index (κ1) is 26.4. The standard InChI is InChI=1S/C32H33NOP.HI/c1-34-32-22-14-21-31-30(32)23-25-33(31)24-12-5-13-26-35(27-15-6-2-7-16-27,28-17-8-3-9-18-28)29-19-10-4-11-20-29;/h2-4,6-11,14-23,25H,5,12-13,24,26H2,1H3;1H/q+1;/p-1. The fourth-order valence-electron chi connectivity index (χ4n) is 5.26. The molecule has 5 aromatic rings. The number of ether oxygens (including phenoxy) is 1. The summed E-state index contributed by atoms with van der Waals surface area (Å²) >= 11 is 0. The molecule has 0 N–H and O–H groups in total. The summed E-state index contributed by atoms with van der Waals surface area (Å²) in [6, 6.07) is 42.1. The second-order valence-corrected chi connectivity index (χ2v) is 12.6. The van der Waals surface area contributed by atoms with Gasteiger partial charge in [-0.05, 0) is 73.9 Å². The SMILES string of the molecule is COc1cccc2c1ccn2CCCCC[P+](c1ccccc1)(c1ccccc1)c1ccccc1.[I-]. The topological polar surface area (TPSA) is 14.2 Å². The van der Waals surface area contributed by atoms with Gasteiger partial charge in [-0.25, -0.2) is 0 Å². The van der Waals surface area contributed by atoms with Crippen molar-refractivity contribution in [1.82, 2.24) is 4.57 Å². The largest absolute Gasteiger partial charge is 1.00 e. The highest BCUT2D eigenvalue weighted by atomic mass is 127. The molecule has 184 valence electrons. The molecule has 0 fully saturated rings. The fourth-order valence-corrected chi connectivity index (χ4v) is 9.67. The number of methoxy groups -OCH3 is 1. The van der Waals surface area contributed by atoms with Crippen LogP contribution in [0.5, 0.6) is 5.75 Å². The van der Waals surface area contributed by atoms with E-state index in [0.717, 1.165) is 12.3 Å². The molecule has 1 heterocycles. The highest BCUT2D eigenvalue weighted by Crippen LogP contribution is 2.56. The van der Waals surface area contributed by atoms with Gasteiger partial charge in [0, 0.05) is 18.1 Å². The van der Waals surface area contributed by atoms with E-state index in [1.807, 2.05) is 6.07 Å². The van der Waals surface area contributed by atoms with Gasteiger partial charge in [-0.15, -0.1) is 0 Å². The van der Waals surface area contributed by atoms with Crippen LogP contribution < -0.4 is 44.6 Å². The molecule has 5 rings (SSSR count). The molecule has 0 spiro atoms. The Morgan fingerprint density at radius 2 is 1.17 bits per heavy atom. The minimum Gasteiger partial charge on any atom is -1.00 e. The van der Waals surface area contributed by atoms with Crippen molar-refractivity contribution in [2.24, 2.45) is 0 Å². The van der Waals surface area contributed by atoms with Gasteiger partial charge in [0.05, 0.1) is 18.8 Å². The Morgan fingerprint density at radius 3 is 1.69 bits per heavy atom. The predicted octanol–water partition coefficient (Wildman–Crippen LogP) is 3.82. The van der Waals surface area contributed by atoms with Crippen LogP contribution in [0.3, 0.4) is 0 Å². The van der Waals surface area contributed by atoms with Crippen molar-refractivity contribution in [3.8, 4) is 5.75 Å². The third-order valence-corrected chi connectivity index (χ3v) is 11.5. The summed E-state index contributed by atoms with van der Waals surface area (Å²) in [6.45, 7) is 1.03. The van der Waals surface area contributed by atoms with Crippen molar-refractivity contribution in [3.05, 3.63) is 121 Å². The number of fused-ring (bicyclic) bond motifs is 1. The molecule has 0 saturated carbocycles. The van der Waals surface area contributed by atoms with Crippen molar-refractivity contribution in [3.63, 3.8) is 0 Å². The number of halogens is 1. The monoisotopic (exact) mass is 605 g/mol. The van der Waals surface area contributed by atoms with E-state index < -0.39 is 7.26 Å². The quantitative estimate of drug-likeness (QED) is 0.134. The zero-order valence-corrected chi connectivity index (χ0v) is 23.8. The van der Waals surface area contributed by atoms with Crippen molar-refractivity contribution >= 4 is 34.1 Å². The van der Waals surface area contributed by atoms with Crippen LogP contribution in [0.1, 0.15) is 19.3 Å². The van der Waals surface area contributed by atoms with Crippen LogP contribution in [0.25, 0.3) is 10.9 Å². The van der Waals surface area contributed by atoms with Crippen molar-refractivity contribution in [2.45, 2.75) is 25.8 Å². The number of rotatable bonds is 10. The van der Waals surface area contributed by atoms with Crippen LogP contribution in [-0.4, -0.2) is 17.8 Å². The molecule has 0 aliphatic rings. The highest BCUT2D eigenvalue weighted by molar-refractivity contribution is 7.95. The maximum absolute atomic E-state index is 5.54. The third-order valence-electron chi connectivity index (χ3n) is 6.98. The van der Waals surface area contributed by atoms with E-state index in [2.05, 4.69) is 120 Å². The Morgan fingerprint density at radius 1 is 0.611 bits per heavy atom. The molecular weight excluding hydrogens is 572 g/mol. The predicted molar refractivity (Wildman–Crippen MR) is 152 cm³/mol. The summed E-state index contributed by atoms with van der Waals surface area (Å²) in [6.07, 6.45) is 6.96. The zero-order chi connectivity index (χ0) is 23.9. The molecule has 0 amide bonds. The minimum absolute atomic E-state index is 0. The molecule has 0 atom stereocenters. The van der Waals surface area contributed by atoms with Gasteiger partial charge in [0.15, 0.2) is 0 Å². The molecule has 2 nitrogen and oxygen atoms in total. The van der Waals surface area contributed by atoms with Gasteiger partial charge in [-0.3, -0.25) is 0 Å². The lowest BCUT2D eigenvalue weighted by atomic mass is 10.2. The molecular formula is C32H33INOP. The van der Waals surface area contributed by atoms with E-state index in [1.54, 1.807) is 7.11 Å². The second-order valence-electron chi connectivity index (χ2n) is 9.00. The van der Waals surface area contributed by atoms with Gasteiger partial charge in [-0.1, -0.05) is 60.7 Å². The Kier molecular flexibility index (Phi) is 9.23. The van der Waals surface area contributed by atoms with Crippen molar-refractivity contribution in [1.29, 1.82) is 0 Å². The van der Waals surface area contributed by atoms with Crippen LogP contribution in [-0.2, 0) is 6.54 Å². The molecule has 36 heavy (non-hydrogen) atoms. The molecule has 4 heteroatoms. The van der Waals surface area contributed by atoms with Crippen molar-refractivity contribution < 1.29 is 28.7 Å². The van der Waals surface area contributed by atoms with Gasteiger partial charge < -0.3 is 33.3 Å². The van der Waals surface area contributed by atoms with Crippen LogP contribution in [0.15, 0.2) is 121 Å². The Bertz CT molecular complexity index is 1260. The molecule has 0 unspecified atom stereocenters. The van der Waals surface area contributed by atoms with E-state index in [1.165, 1.54) is 52.2 Å². The lowest BCUT2D eigenvalue weighted by molar-refractivity contribution is -0.00000711. The molecule has 0 saturated heterocycles. The van der Waals surface area contributed by atoms with Crippen LogP contribution in [0, 0.1) is 0 Å². The summed E-state index contributed by atoms with van der Waals surface area (Å²) in [4.78, 5) is 0. The number of nitrogens with zero attached hydrogens (tertiary/aromatic N) is 1. The molecule has 4 aromatic carbocycles. The molecule has 1 aromatic heterocycles. The highest BCUT2D eigenvalue weighted by Gasteiger charge is 2.44. The summed E-state index contributed by atoms with van der Waals surface area (Å²) < 4.78 is 7.90. The summed E-state index contributed by atoms with van der Waals surface area (Å²) in [5.41, 5.74) is 1.25. The van der Waals surface area contributed by atoms with E-state index in [0.29, 0.717) is 0 Å². The van der Waals surface area contributed by atoms with Gasteiger partial charge in [0.25, 0.3) is 0 Å². The molecule has 0 aliphatic carbocycles. The number of aromatic nitrogens is 1. The number of aryl methyl sites for hydroxylation is 1. The maximum atomic E-state index is 5.54. The third kappa shape index (κ3) is 5.38. The Hall–Kier alpha value is -2.62. The Labute approximate surface area is 232 Å². The smallest absolute Gasteiger partial charge is 0.128 e. The number of hydrogen-bond donors (Lipinski definition) is 0. The molecule has 0 aliphatic heterocycles. The molecule has 0 bridgehead atoms. The van der Waals surface area contributed by atoms with Crippen LogP contribution >= 0.6 is 7.26 Å². The minimum atomic E-state index is -1.73. The molecule has 0 radical (unpaired) electrons. The van der Waals surface area contributed by atoms with E-state index >= 15 is 0 Å². The van der Waals surface area contributed by atoms with Crippen LogP contribution in [0.4, 0.5) is 0 Å². The van der Waals surface area contributed by atoms with E-state index in [4.69, 9.17) is 4.74 Å². The fraction of sp³-hybridized carbons (Fsp3) is 0.188. The summed E-state index contributed by atoms with van der Waals surface area (Å²) in [5, 5.41) is 5.61. The first-order chi connectivity index (χ1) is 17.3. The Balaban J connectivity index is 0.00000304. The second kappa shape index (κ2) is 12.6. The number of unbranched alkanes of at least 4 members (excludes halogenated alkanes) is 2. The van der Waals surface area contributed by atoms with Crippen molar-refractivity contribution in [2.75, 3.05) is 13.3 Å². The van der Waals surface area contributed by atoms with E-state index in [-0.39, 0.29) is 24.0 Å². The lowest BCUT2D eigenvalue weighted by Gasteiger charge is -2.27. The van der Waals surface area contributed by atoms with Crippen LogP contribution in [0.2, 0.25) is 0 Å². The van der Waals surface area contributed by atoms with Gasteiger partial charge >= 0.3 is 0 Å². The number of hydrogen-bond acceptors (Lipinski definition) is 1. The zero-order valence-electron chi connectivity index (χ0n) is 20.8. The first-order valence-electron chi connectivity index (χ1n) is 12.5. The van der Waals surface area contributed by atoms with Gasteiger partial charge in [0.2, 0.25) is 0 Å². The average Bonchev–Trinajstić information content (AvgIpc) is 3.35. The van der Waals surface area contributed by atoms with E-state index in [9.17, 15) is 0 Å². The average molecular weight is 606 g/mol. The van der Waals surface area contributed by atoms with Gasteiger partial charge in [0.1, 0.15) is 28.9 Å². The number of benzene rings is 4. The summed E-state index contributed by atoms with van der Waals surface area (Å²) in [5.74, 6) is 0.949. The lowest BCUT2D eigenvalue weighted by Crippen LogP contribution is -3.00. The maximum Gasteiger partial charge on any atom is 0.128 e. The normalized spacial score (nSPS) is 11.2. The summed E-state index contributed by atoms with van der Waals surface area (Å²) in [7, 11) is 0.0171. The van der Waals surface area contributed by atoms with Gasteiger partial charge in [-0.2, -0.15) is 0 Å².